The lowest BCUT2D eigenvalue weighted by atomic mass is 10.0. The van der Waals surface area contributed by atoms with Crippen LogP contribution in [0.25, 0.3) is 33.1 Å². The molecule has 2 aromatic heterocycles. The van der Waals surface area contributed by atoms with Gasteiger partial charge in [0, 0.05) is 5.69 Å². The van der Waals surface area contributed by atoms with Crippen LogP contribution in [0.3, 0.4) is 0 Å². The van der Waals surface area contributed by atoms with Gasteiger partial charge in [-0.2, -0.15) is 0 Å². The highest BCUT2D eigenvalue weighted by Crippen LogP contribution is 2.40. The molecule has 0 bridgehead atoms. The van der Waals surface area contributed by atoms with Gasteiger partial charge in [-0.25, -0.2) is 9.18 Å². The van der Waals surface area contributed by atoms with Crippen LogP contribution in [0.4, 0.5) is 16.0 Å². The summed E-state index contributed by atoms with van der Waals surface area (Å²) in [6, 6.07) is 22.7. The monoisotopic (exact) mass is 371 g/mol. The molecule has 0 spiro atoms. The van der Waals surface area contributed by atoms with Crippen molar-refractivity contribution >= 4 is 33.5 Å². The van der Waals surface area contributed by atoms with E-state index in [2.05, 4.69) is 5.32 Å². The van der Waals surface area contributed by atoms with Crippen molar-refractivity contribution in [1.29, 1.82) is 0 Å². The lowest BCUT2D eigenvalue weighted by Crippen LogP contribution is -2.00. The number of anilines is 2. The van der Waals surface area contributed by atoms with Crippen molar-refractivity contribution in [3.05, 3.63) is 95.1 Å². The van der Waals surface area contributed by atoms with Gasteiger partial charge in [0.25, 0.3) is 0 Å². The average molecular weight is 371 g/mol. The van der Waals surface area contributed by atoms with Crippen LogP contribution in [-0.2, 0) is 0 Å². The summed E-state index contributed by atoms with van der Waals surface area (Å²) >= 11 is 0. The molecule has 0 aliphatic carbocycles. The third-order valence-electron chi connectivity index (χ3n) is 4.59. The summed E-state index contributed by atoms with van der Waals surface area (Å²) in [6.45, 7) is 0. The molecule has 0 aliphatic rings. The van der Waals surface area contributed by atoms with Gasteiger partial charge in [-0.1, -0.05) is 42.5 Å². The maximum absolute atomic E-state index is 13.9. The lowest BCUT2D eigenvalue weighted by Gasteiger charge is -2.06. The zero-order chi connectivity index (χ0) is 19.1. The normalized spacial score (nSPS) is 11.2. The summed E-state index contributed by atoms with van der Waals surface area (Å²) in [6.07, 6.45) is 0. The van der Waals surface area contributed by atoms with E-state index in [9.17, 15) is 9.18 Å². The lowest BCUT2D eigenvalue weighted by molar-refractivity contribution is 0.566. The second-order valence-electron chi connectivity index (χ2n) is 6.40. The Morgan fingerprint density at radius 1 is 0.821 bits per heavy atom. The molecule has 0 saturated heterocycles. The van der Waals surface area contributed by atoms with Crippen LogP contribution in [0.5, 0.6) is 0 Å². The Morgan fingerprint density at radius 2 is 1.61 bits per heavy atom. The van der Waals surface area contributed by atoms with E-state index in [1.54, 1.807) is 24.3 Å². The molecule has 5 aromatic rings. The quantitative estimate of drug-likeness (QED) is 0.390. The first-order valence-electron chi connectivity index (χ1n) is 8.77. The van der Waals surface area contributed by atoms with E-state index in [1.165, 1.54) is 12.1 Å². The summed E-state index contributed by atoms with van der Waals surface area (Å²) in [5.74, 6) is -0.0434. The Kier molecular flexibility index (Phi) is 3.72. The van der Waals surface area contributed by atoms with Crippen LogP contribution in [0.15, 0.2) is 92.5 Å². The molecule has 28 heavy (non-hydrogen) atoms. The van der Waals surface area contributed by atoms with Crippen LogP contribution in [0.2, 0.25) is 0 Å². The minimum atomic E-state index is -0.530. The van der Waals surface area contributed by atoms with Crippen molar-refractivity contribution in [3.63, 3.8) is 0 Å². The predicted octanol–water partition coefficient (Wildman–Crippen LogP) is 6.09. The second-order valence-corrected chi connectivity index (χ2v) is 6.40. The highest BCUT2D eigenvalue weighted by molar-refractivity contribution is 6.10. The number of furan rings is 1. The van der Waals surface area contributed by atoms with Gasteiger partial charge in [0.2, 0.25) is 5.88 Å². The molecule has 0 saturated carbocycles. The summed E-state index contributed by atoms with van der Waals surface area (Å²) in [7, 11) is 0. The fraction of sp³-hybridized carbons (Fsp3) is 0. The summed E-state index contributed by atoms with van der Waals surface area (Å²) in [5, 5.41) is 4.16. The molecule has 0 aliphatic heterocycles. The minimum Gasteiger partial charge on any atom is -0.439 e. The van der Waals surface area contributed by atoms with E-state index in [0.717, 1.165) is 5.69 Å². The zero-order valence-corrected chi connectivity index (χ0v) is 14.6. The molecule has 5 rings (SSSR count). The molecule has 0 unspecified atom stereocenters. The Labute approximate surface area is 158 Å². The maximum atomic E-state index is 13.9. The van der Waals surface area contributed by atoms with Crippen molar-refractivity contribution in [2.75, 3.05) is 5.32 Å². The van der Waals surface area contributed by atoms with Gasteiger partial charge in [-0.05, 0) is 42.0 Å². The van der Waals surface area contributed by atoms with E-state index in [-0.39, 0.29) is 5.39 Å². The minimum absolute atomic E-state index is 0.280. The first kappa shape index (κ1) is 16.3. The van der Waals surface area contributed by atoms with Gasteiger partial charge in [-0.15, -0.1) is 0 Å². The van der Waals surface area contributed by atoms with Crippen LogP contribution in [0.1, 0.15) is 0 Å². The third-order valence-corrected chi connectivity index (χ3v) is 4.59. The van der Waals surface area contributed by atoms with E-state index in [1.807, 2.05) is 42.5 Å². The number of hydrogen-bond acceptors (Lipinski definition) is 4. The average Bonchev–Trinajstić information content (AvgIpc) is 3.09. The molecular formula is C23H14FNO3. The topological polar surface area (TPSA) is 55.4 Å². The molecule has 0 radical (unpaired) electrons. The molecule has 4 nitrogen and oxygen atoms in total. The summed E-state index contributed by atoms with van der Waals surface area (Å²) < 4.78 is 25.5. The van der Waals surface area contributed by atoms with Crippen molar-refractivity contribution in [2.45, 2.75) is 0 Å². The Morgan fingerprint density at radius 3 is 2.43 bits per heavy atom. The Bertz CT molecular complexity index is 1370. The fourth-order valence-corrected chi connectivity index (χ4v) is 3.37. The SMILES string of the molecule is O=c1oc2ccccc2c2oc(Nc3ccccc3)c(-c3cccc(F)c3)c12. The number of hydrogen-bond donors (Lipinski definition) is 1. The highest BCUT2D eigenvalue weighted by atomic mass is 19.1. The molecular weight excluding hydrogens is 357 g/mol. The second kappa shape index (κ2) is 6.39. The van der Waals surface area contributed by atoms with Crippen molar-refractivity contribution in [3.8, 4) is 11.1 Å². The van der Waals surface area contributed by atoms with Crippen LogP contribution < -0.4 is 10.9 Å². The summed E-state index contributed by atoms with van der Waals surface area (Å²) in [4.78, 5) is 12.8. The highest BCUT2D eigenvalue weighted by Gasteiger charge is 2.22. The number of para-hydroxylation sites is 2. The first-order chi connectivity index (χ1) is 13.7. The number of fused-ring (bicyclic) bond motifs is 3. The zero-order valence-electron chi connectivity index (χ0n) is 14.6. The van der Waals surface area contributed by atoms with Crippen LogP contribution in [-0.4, -0.2) is 0 Å². The van der Waals surface area contributed by atoms with Gasteiger partial charge in [0.1, 0.15) is 16.8 Å². The summed E-state index contributed by atoms with van der Waals surface area (Å²) in [5.41, 5.74) is 2.10. The molecule has 0 fully saturated rings. The molecule has 3 aromatic carbocycles. The van der Waals surface area contributed by atoms with Crippen molar-refractivity contribution in [1.82, 2.24) is 0 Å². The van der Waals surface area contributed by atoms with Crippen LogP contribution >= 0.6 is 0 Å². The number of rotatable bonds is 3. The molecule has 136 valence electrons. The van der Waals surface area contributed by atoms with Crippen molar-refractivity contribution < 1.29 is 13.2 Å². The van der Waals surface area contributed by atoms with E-state index in [0.29, 0.717) is 33.6 Å². The largest absolute Gasteiger partial charge is 0.439 e. The maximum Gasteiger partial charge on any atom is 0.348 e. The predicted molar refractivity (Wildman–Crippen MR) is 107 cm³/mol. The van der Waals surface area contributed by atoms with Gasteiger partial charge < -0.3 is 14.2 Å². The number of halogens is 1. The van der Waals surface area contributed by atoms with E-state index >= 15 is 0 Å². The van der Waals surface area contributed by atoms with Gasteiger partial charge in [-0.3, -0.25) is 0 Å². The van der Waals surface area contributed by atoms with E-state index < -0.39 is 11.4 Å². The third kappa shape index (κ3) is 2.65. The number of benzene rings is 3. The standard InChI is InChI=1S/C23H14FNO3/c24-15-8-6-7-14(13-15)19-20-21(17-11-4-5-12-18(17)27-23(20)26)28-22(19)25-16-9-2-1-3-10-16/h1-13,25H. The van der Waals surface area contributed by atoms with Crippen LogP contribution in [0, 0.1) is 5.82 Å². The van der Waals surface area contributed by atoms with Gasteiger partial charge in [0.05, 0.1) is 10.9 Å². The molecule has 2 heterocycles. The Balaban J connectivity index is 1.87. The first-order valence-corrected chi connectivity index (χ1v) is 8.77. The van der Waals surface area contributed by atoms with E-state index in [4.69, 9.17) is 8.83 Å². The number of nitrogens with one attached hydrogen (secondary N) is 1. The molecule has 1 N–H and O–H groups in total. The van der Waals surface area contributed by atoms with Gasteiger partial charge >= 0.3 is 5.63 Å². The smallest absolute Gasteiger partial charge is 0.348 e. The molecule has 0 amide bonds. The molecule has 0 atom stereocenters. The Hall–Kier alpha value is -3.86. The van der Waals surface area contributed by atoms with Crippen molar-refractivity contribution in [2.24, 2.45) is 0 Å². The molecule has 5 heteroatoms. The van der Waals surface area contributed by atoms with Gasteiger partial charge in [0.15, 0.2) is 5.58 Å². The fourth-order valence-electron chi connectivity index (χ4n) is 3.37.